The van der Waals surface area contributed by atoms with E-state index < -0.39 is 0 Å². The Balaban J connectivity index is 1.52. The number of thiophene rings is 1. The molecule has 0 aliphatic heterocycles. The van der Waals surface area contributed by atoms with Crippen LogP contribution in [0.5, 0.6) is 0 Å². The van der Waals surface area contributed by atoms with E-state index in [0.717, 1.165) is 17.5 Å². The predicted molar refractivity (Wildman–Crippen MR) is 134 cm³/mol. The Hall–Kier alpha value is -3.38. The minimum atomic E-state index is -0.0929. The molecule has 0 spiro atoms. The fourth-order valence-electron chi connectivity index (χ4n) is 3.97. The van der Waals surface area contributed by atoms with Crippen molar-refractivity contribution in [1.29, 1.82) is 0 Å². The first-order valence-corrected chi connectivity index (χ1v) is 12.1. The number of carbonyl (C=O) groups is 2. The summed E-state index contributed by atoms with van der Waals surface area (Å²) in [5.41, 5.74) is 3.36. The van der Waals surface area contributed by atoms with E-state index in [9.17, 15) is 9.59 Å². The first kappa shape index (κ1) is 22.8. The van der Waals surface area contributed by atoms with E-state index in [1.54, 1.807) is 4.90 Å². The molecular weight excluding hydrogens is 430 g/mol. The Morgan fingerprint density at radius 3 is 2.45 bits per heavy atom. The number of nitrogens with zero attached hydrogens (tertiary/aromatic N) is 2. The van der Waals surface area contributed by atoms with Gasteiger partial charge in [0.2, 0.25) is 5.91 Å². The Labute approximate surface area is 198 Å². The van der Waals surface area contributed by atoms with Gasteiger partial charge in [0, 0.05) is 36.2 Å². The number of para-hydroxylation sites is 1. The van der Waals surface area contributed by atoms with E-state index in [0.29, 0.717) is 18.0 Å². The Kier molecular flexibility index (Phi) is 7.25. The second-order valence-electron chi connectivity index (χ2n) is 8.41. The summed E-state index contributed by atoms with van der Waals surface area (Å²) in [6.45, 7) is 5.06. The zero-order chi connectivity index (χ0) is 23.2. The fraction of sp³-hybridized carbons (Fsp3) is 0.259. The molecule has 0 radical (unpaired) electrons. The van der Waals surface area contributed by atoms with Crippen LogP contribution in [0.4, 0.5) is 0 Å². The molecule has 0 saturated heterocycles. The molecular formula is C27H29N3O2S. The van der Waals surface area contributed by atoms with Crippen LogP contribution in [0.1, 0.15) is 34.6 Å². The average Bonchev–Trinajstić information content (AvgIpc) is 3.50. The predicted octanol–water partition coefficient (Wildman–Crippen LogP) is 5.35. The molecule has 0 atom stereocenters. The fourth-order valence-corrected chi connectivity index (χ4v) is 4.64. The summed E-state index contributed by atoms with van der Waals surface area (Å²) in [7, 11) is 0. The molecule has 2 amide bonds. The van der Waals surface area contributed by atoms with E-state index in [2.05, 4.69) is 17.1 Å². The van der Waals surface area contributed by atoms with Gasteiger partial charge in [-0.05, 0) is 48.9 Å². The molecule has 2 aromatic carbocycles. The number of benzene rings is 2. The number of carbonyl (C=O) groups excluding carboxylic acids is 2. The molecule has 2 heterocycles. The van der Waals surface area contributed by atoms with Crippen molar-refractivity contribution in [1.82, 2.24) is 14.8 Å². The molecule has 2 aromatic heterocycles. The highest BCUT2D eigenvalue weighted by molar-refractivity contribution is 7.12. The smallest absolute Gasteiger partial charge is 0.264 e. The molecule has 0 aliphatic carbocycles. The summed E-state index contributed by atoms with van der Waals surface area (Å²) < 4.78 is 0. The molecule has 1 N–H and O–H groups in total. The van der Waals surface area contributed by atoms with Crippen LogP contribution in [-0.4, -0.2) is 45.7 Å². The number of hydrogen-bond acceptors (Lipinski definition) is 3. The standard InChI is InChI=1S/C27H29N3O2S/c1-20(2)30(27(32)25-13-8-16-33-25)19-26(31)29(18-21-9-4-3-5-10-21)15-14-22-17-28-24-12-7-6-11-23(22)24/h3-13,16-17,20,28H,14-15,18-19H2,1-2H3. The second-order valence-corrected chi connectivity index (χ2v) is 9.36. The summed E-state index contributed by atoms with van der Waals surface area (Å²) >= 11 is 1.40. The van der Waals surface area contributed by atoms with Crippen LogP contribution in [0.25, 0.3) is 10.9 Å². The number of amides is 2. The Morgan fingerprint density at radius 2 is 1.73 bits per heavy atom. The van der Waals surface area contributed by atoms with E-state index in [1.807, 2.05) is 84.9 Å². The second kappa shape index (κ2) is 10.5. The molecule has 6 heteroatoms. The number of rotatable bonds is 9. The SMILES string of the molecule is CC(C)N(CC(=O)N(CCc1c[nH]c2ccccc12)Cc1ccccc1)C(=O)c1cccs1. The van der Waals surface area contributed by atoms with Gasteiger partial charge in [-0.25, -0.2) is 0 Å². The van der Waals surface area contributed by atoms with Crippen LogP contribution < -0.4 is 0 Å². The van der Waals surface area contributed by atoms with Gasteiger partial charge >= 0.3 is 0 Å². The zero-order valence-electron chi connectivity index (χ0n) is 19.0. The summed E-state index contributed by atoms with van der Waals surface area (Å²) in [5.74, 6) is -0.137. The number of aromatic nitrogens is 1. The minimum Gasteiger partial charge on any atom is -0.361 e. The molecule has 0 aliphatic rings. The van der Waals surface area contributed by atoms with Crippen molar-refractivity contribution in [2.75, 3.05) is 13.1 Å². The highest BCUT2D eigenvalue weighted by Gasteiger charge is 2.25. The molecule has 4 aromatic rings. The van der Waals surface area contributed by atoms with Crippen LogP contribution in [-0.2, 0) is 17.8 Å². The lowest BCUT2D eigenvalue weighted by atomic mass is 10.1. The van der Waals surface area contributed by atoms with E-state index >= 15 is 0 Å². The highest BCUT2D eigenvalue weighted by Crippen LogP contribution is 2.19. The number of fused-ring (bicyclic) bond motifs is 1. The van der Waals surface area contributed by atoms with Gasteiger partial charge in [0.05, 0.1) is 4.88 Å². The number of H-pyrrole nitrogens is 1. The van der Waals surface area contributed by atoms with Gasteiger partial charge < -0.3 is 14.8 Å². The van der Waals surface area contributed by atoms with Crippen molar-refractivity contribution < 1.29 is 9.59 Å². The topological polar surface area (TPSA) is 56.4 Å². The lowest BCUT2D eigenvalue weighted by Crippen LogP contribution is -2.46. The number of hydrogen-bond donors (Lipinski definition) is 1. The van der Waals surface area contributed by atoms with E-state index in [-0.39, 0.29) is 24.4 Å². The van der Waals surface area contributed by atoms with Crippen molar-refractivity contribution in [2.24, 2.45) is 0 Å². The third-order valence-electron chi connectivity index (χ3n) is 5.82. The molecule has 0 bridgehead atoms. The van der Waals surface area contributed by atoms with Gasteiger partial charge in [0.15, 0.2) is 0 Å². The van der Waals surface area contributed by atoms with E-state index in [4.69, 9.17) is 0 Å². The van der Waals surface area contributed by atoms with Gasteiger partial charge in [-0.3, -0.25) is 9.59 Å². The Morgan fingerprint density at radius 1 is 0.970 bits per heavy atom. The van der Waals surface area contributed by atoms with E-state index in [1.165, 1.54) is 22.3 Å². The van der Waals surface area contributed by atoms with Crippen LogP contribution in [0.2, 0.25) is 0 Å². The first-order chi connectivity index (χ1) is 16.0. The van der Waals surface area contributed by atoms with Crippen molar-refractivity contribution >= 4 is 34.1 Å². The highest BCUT2D eigenvalue weighted by atomic mass is 32.1. The minimum absolute atomic E-state index is 0.0442. The van der Waals surface area contributed by atoms with Crippen LogP contribution in [0.3, 0.4) is 0 Å². The summed E-state index contributed by atoms with van der Waals surface area (Å²) in [4.78, 5) is 34.0. The van der Waals surface area contributed by atoms with Gasteiger partial charge in [0.1, 0.15) is 6.54 Å². The van der Waals surface area contributed by atoms with Gasteiger partial charge in [-0.1, -0.05) is 54.6 Å². The van der Waals surface area contributed by atoms with Crippen molar-refractivity contribution in [3.63, 3.8) is 0 Å². The van der Waals surface area contributed by atoms with Crippen LogP contribution in [0.15, 0.2) is 78.3 Å². The summed E-state index contributed by atoms with van der Waals surface area (Å²) in [6, 6.07) is 21.8. The molecule has 0 saturated carbocycles. The third kappa shape index (κ3) is 5.52. The maximum Gasteiger partial charge on any atom is 0.264 e. The van der Waals surface area contributed by atoms with Gasteiger partial charge in [-0.15, -0.1) is 11.3 Å². The summed E-state index contributed by atoms with van der Waals surface area (Å²) in [5, 5.41) is 3.07. The Bertz CT molecular complexity index is 1200. The zero-order valence-corrected chi connectivity index (χ0v) is 19.8. The van der Waals surface area contributed by atoms with Crippen molar-refractivity contribution in [3.8, 4) is 0 Å². The average molecular weight is 460 g/mol. The van der Waals surface area contributed by atoms with Gasteiger partial charge in [-0.2, -0.15) is 0 Å². The van der Waals surface area contributed by atoms with Crippen LogP contribution in [0, 0.1) is 0 Å². The third-order valence-corrected chi connectivity index (χ3v) is 6.67. The first-order valence-electron chi connectivity index (χ1n) is 11.2. The molecule has 4 rings (SSSR count). The molecule has 0 unspecified atom stereocenters. The largest absolute Gasteiger partial charge is 0.361 e. The van der Waals surface area contributed by atoms with Crippen LogP contribution >= 0.6 is 11.3 Å². The monoisotopic (exact) mass is 459 g/mol. The number of aromatic amines is 1. The lowest BCUT2D eigenvalue weighted by Gasteiger charge is -2.30. The maximum absolute atomic E-state index is 13.5. The van der Waals surface area contributed by atoms with Gasteiger partial charge in [0.25, 0.3) is 5.91 Å². The molecule has 170 valence electrons. The maximum atomic E-state index is 13.5. The van der Waals surface area contributed by atoms with Crippen molar-refractivity contribution in [3.05, 3.63) is 94.3 Å². The normalized spacial score (nSPS) is 11.1. The quantitative estimate of drug-likeness (QED) is 0.367. The van der Waals surface area contributed by atoms with Crippen molar-refractivity contribution in [2.45, 2.75) is 32.9 Å². The molecule has 33 heavy (non-hydrogen) atoms. The lowest BCUT2D eigenvalue weighted by molar-refractivity contribution is -0.132. The summed E-state index contributed by atoms with van der Waals surface area (Å²) in [6.07, 6.45) is 2.76. The molecule has 5 nitrogen and oxygen atoms in total. The molecule has 0 fully saturated rings. The number of nitrogens with one attached hydrogen (secondary N) is 1.